The third-order valence-corrected chi connectivity index (χ3v) is 11.0. The Morgan fingerprint density at radius 2 is 1.73 bits per heavy atom. The molecule has 9 nitrogen and oxygen atoms in total. The quantitative estimate of drug-likeness (QED) is 0.186. The van der Waals surface area contributed by atoms with Gasteiger partial charge in [-0.25, -0.2) is 0 Å². The zero-order valence-electron chi connectivity index (χ0n) is 27.7. The van der Waals surface area contributed by atoms with Crippen LogP contribution in [0.1, 0.15) is 61.1 Å². The number of hydrogen-bond acceptors (Lipinski definition) is 5. The van der Waals surface area contributed by atoms with E-state index in [-0.39, 0.29) is 30.7 Å². The molecule has 0 saturated carbocycles. The van der Waals surface area contributed by atoms with Crippen LogP contribution < -0.4 is 5.32 Å². The molecule has 2 fully saturated rings. The topological polar surface area (TPSA) is 112 Å². The average Bonchev–Trinajstić information content (AvgIpc) is 3.94. The second-order valence-electron chi connectivity index (χ2n) is 13.8. The van der Waals surface area contributed by atoms with Crippen LogP contribution in [0, 0.1) is 11.8 Å². The summed E-state index contributed by atoms with van der Waals surface area (Å²) in [5.74, 6) is 0.152. The Balaban J connectivity index is 1.22. The molecule has 0 bridgehead atoms. The van der Waals surface area contributed by atoms with Crippen LogP contribution in [0.5, 0.6) is 0 Å². The van der Waals surface area contributed by atoms with Crippen LogP contribution in [0.2, 0.25) is 0 Å². The lowest BCUT2D eigenvalue weighted by Gasteiger charge is -2.56. The zero-order chi connectivity index (χ0) is 33.4. The third-order valence-electron chi connectivity index (χ3n) is 11.0. The molecule has 3 aliphatic heterocycles. The van der Waals surface area contributed by atoms with Gasteiger partial charge in [0.15, 0.2) is 0 Å². The van der Waals surface area contributed by atoms with Crippen molar-refractivity contribution in [3.05, 3.63) is 108 Å². The van der Waals surface area contributed by atoms with E-state index in [0.717, 1.165) is 65.8 Å². The van der Waals surface area contributed by atoms with E-state index in [0.29, 0.717) is 38.0 Å². The highest BCUT2D eigenvalue weighted by Gasteiger charge is 2.59. The standard InChI is InChI=1S/C40H42N4O5/c45-36(41-26-30-11-7-21-48-30)25-29-23-33(39(47)43-18-5-2-6-19-43)40(17-15-27-9-3-1-4-10-27)37-32(16-20-44(40)38(29)46)31-14-13-28(24-34(31)42-37)35-12-8-22-49-35/h1,3-4,7-14,21-22,24,29,33,42H,2,5-6,15-20,23,25-26H2,(H,41,45)/t29-,33-,40+/m1/s1. The van der Waals surface area contributed by atoms with Crippen LogP contribution in [0.15, 0.2) is 94.2 Å². The van der Waals surface area contributed by atoms with Crippen LogP contribution in [0.3, 0.4) is 0 Å². The van der Waals surface area contributed by atoms with Crippen molar-refractivity contribution in [1.29, 1.82) is 0 Å². The number of carbonyl (C=O) groups is 3. The lowest BCUT2D eigenvalue weighted by atomic mass is 9.64. The van der Waals surface area contributed by atoms with Gasteiger partial charge in [-0.05, 0) is 86.4 Å². The largest absolute Gasteiger partial charge is 0.467 e. The van der Waals surface area contributed by atoms with E-state index in [2.05, 4.69) is 40.6 Å². The Bertz CT molecular complexity index is 1940. The number of carbonyl (C=O) groups excluding carboxylic acids is 3. The molecule has 0 unspecified atom stereocenters. The first-order chi connectivity index (χ1) is 24.0. The molecule has 2 N–H and O–H groups in total. The number of nitrogens with zero attached hydrogens (tertiary/aromatic N) is 2. The molecular formula is C40H42N4O5. The van der Waals surface area contributed by atoms with Gasteiger partial charge in [0.25, 0.3) is 0 Å². The number of aromatic amines is 1. The van der Waals surface area contributed by atoms with Gasteiger partial charge < -0.3 is 28.9 Å². The lowest BCUT2D eigenvalue weighted by Crippen LogP contribution is -2.66. The van der Waals surface area contributed by atoms with Crippen molar-refractivity contribution in [3.63, 3.8) is 0 Å². The van der Waals surface area contributed by atoms with E-state index in [9.17, 15) is 14.4 Å². The first-order valence-corrected chi connectivity index (χ1v) is 17.6. The van der Waals surface area contributed by atoms with Crippen molar-refractivity contribution in [2.24, 2.45) is 11.8 Å². The molecule has 9 heteroatoms. The van der Waals surface area contributed by atoms with Crippen molar-refractivity contribution in [2.45, 2.75) is 63.5 Å². The molecule has 3 amide bonds. The SMILES string of the molecule is O=C(C[C@H]1C[C@H](C(=O)N2CCCCC2)[C@@]2(CCc3ccccc3)c3[nH]c4cc(-c5ccco5)ccc4c3CCN2C1=O)NCc1ccco1. The molecule has 0 radical (unpaired) electrons. The van der Waals surface area contributed by atoms with Gasteiger partial charge in [0, 0.05) is 54.1 Å². The van der Waals surface area contributed by atoms with E-state index in [1.807, 2.05) is 46.2 Å². The van der Waals surface area contributed by atoms with Crippen molar-refractivity contribution in [1.82, 2.24) is 20.1 Å². The van der Waals surface area contributed by atoms with Gasteiger partial charge in [-0.1, -0.05) is 42.5 Å². The molecule has 6 heterocycles. The molecule has 2 aromatic carbocycles. The molecule has 252 valence electrons. The average molecular weight is 659 g/mol. The summed E-state index contributed by atoms with van der Waals surface area (Å²) in [6.45, 7) is 2.19. The van der Waals surface area contributed by atoms with Gasteiger partial charge in [0.1, 0.15) is 11.5 Å². The highest BCUT2D eigenvalue weighted by atomic mass is 16.3. The van der Waals surface area contributed by atoms with Gasteiger partial charge in [0.05, 0.1) is 30.5 Å². The van der Waals surface area contributed by atoms with E-state index < -0.39 is 17.4 Å². The molecule has 3 atom stereocenters. The number of benzene rings is 2. The highest BCUT2D eigenvalue weighted by Crippen LogP contribution is 2.53. The number of rotatable bonds is 9. The van der Waals surface area contributed by atoms with Crippen LogP contribution in [-0.4, -0.2) is 52.1 Å². The Kier molecular flexibility index (Phi) is 8.35. The molecule has 49 heavy (non-hydrogen) atoms. The summed E-state index contributed by atoms with van der Waals surface area (Å²) in [7, 11) is 0. The number of likely N-dealkylation sites (tertiary alicyclic amines) is 1. The fraction of sp³-hybridized carbons (Fsp3) is 0.375. The van der Waals surface area contributed by atoms with Gasteiger partial charge in [-0.3, -0.25) is 14.4 Å². The first kappa shape index (κ1) is 31.2. The number of aromatic nitrogens is 1. The van der Waals surface area contributed by atoms with Crippen LogP contribution in [0.25, 0.3) is 22.2 Å². The number of fused-ring (bicyclic) bond motifs is 5. The Morgan fingerprint density at radius 3 is 2.51 bits per heavy atom. The van der Waals surface area contributed by atoms with E-state index >= 15 is 0 Å². The van der Waals surface area contributed by atoms with E-state index in [4.69, 9.17) is 8.83 Å². The summed E-state index contributed by atoms with van der Waals surface area (Å²) in [5.41, 5.74) is 4.34. The minimum absolute atomic E-state index is 0.0284. The Morgan fingerprint density at radius 1 is 0.918 bits per heavy atom. The number of amides is 3. The minimum atomic E-state index is -0.889. The van der Waals surface area contributed by atoms with Crippen molar-refractivity contribution < 1.29 is 23.2 Å². The van der Waals surface area contributed by atoms with Crippen molar-refractivity contribution in [2.75, 3.05) is 19.6 Å². The highest BCUT2D eigenvalue weighted by molar-refractivity contribution is 5.94. The van der Waals surface area contributed by atoms with Crippen LogP contribution in [0.4, 0.5) is 0 Å². The van der Waals surface area contributed by atoms with E-state index in [1.165, 1.54) is 5.56 Å². The fourth-order valence-corrected chi connectivity index (χ4v) is 8.63. The summed E-state index contributed by atoms with van der Waals surface area (Å²) >= 11 is 0. The summed E-state index contributed by atoms with van der Waals surface area (Å²) < 4.78 is 11.1. The van der Waals surface area contributed by atoms with E-state index in [1.54, 1.807) is 18.6 Å². The number of furan rings is 2. The normalized spacial score (nSPS) is 22.2. The number of nitrogens with one attached hydrogen (secondary N) is 2. The molecule has 8 rings (SSSR count). The maximum atomic E-state index is 14.9. The number of piperidine rings is 2. The van der Waals surface area contributed by atoms with Gasteiger partial charge >= 0.3 is 0 Å². The number of H-pyrrole nitrogens is 1. The molecule has 0 spiro atoms. The Labute approximate surface area is 285 Å². The molecule has 3 aromatic heterocycles. The molecule has 5 aromatic rings. The van der Waals surface area contributed by atoms with Crippen LogP contribution in [-0.2, 0) is 39.3 Å². The predicted molar refractivity (Wildman–Crippen MR) is 185 cm³/mol. The zero-order valence-corrected chi connectivity index (χ0v) is 27.7. The minimum Gasteiger partial charge on any atom is -0.467 e. The lowest BCUT2D eigenvalue weighted by molar-refractivity contribution is -0.167. The summed E-state index contributed by atoms with van der Waals surface area (Å²) in [5, 5.41) is 4.04. The molecular weight excluding hydrogens is 616 g/mol. The second-order valence-corrected chi connectivity index (χ2v) is 13.8. The molecule has 0 aliphatic carbocycles. The number of hydrogen-bond donors (Lipinski definition) is 2. The van der Waals surface area contributed by atoms with Crippen molar-refractivity contribution in [3.8, 4) is 11.3 Å². The van der Waals surface area contributed by atoms with Crippen molar-refractivity contribution >= 4 is 28.6 Å². The summed E-state index contributed by atoms with van der Waals surface area (Å²) in [4.78, 5) is 50.7. The monoisotopic (exact) mass is 658 g/mol. The first-order valence-electron chi connectivity index (χ1n) is 17.6. The summed E-state index contributed by atoms with van der Waals surface area (Å²) in [6, 6.07) is 24.1. The Hall–Kier alpha value is -5.05. The predicted octanol–water partition coefficient (Wildman–Crippen LogP) is 6.59. The number of aryl methyl sites for hydroxylation is 1. The summed E-state index contributed by atoms with van der Waals surface area (Å²) in [6.07, 6.45) is 8.62. The smallest absolute Gasteiger partial charge is 0.228 e. The second kappa shape index (κ2) is 13.1. The van der Waals surface area contributed by atoms with Gasteiger partial charge in [-0.15, -0.1) is 0 Å². The fourth-order valence-electron chi connectivity index (χ4n) is 8.63. The molecule has 3 aliphatic rings. The third kappa shape index (κ3) is 5.75. The van der Waals surface area contributed by atoms with Gasteiger partial charge in [-0.2, -0.15) is 0 Å². The maximum Gasteiger partial charge on any atom is 0.228 e. The van der Waals surface area contributed by atoms with Crippen LogP contribution >= 0.6 is 0 Å². The molecule has 2 saturated heterocycles. The maximum absolute atomic E-state index is 14.9. The van der Waals surface area contributed by atoms with Gasteiger partial charge in [0.2, 0.25) is 17.7 Å².